The van der Waals surface area contributed by atoms with Crippen molar-refractivity contribution in [1.82, 2.24) is 14.8 Å². The molecule has 3 rings (SSSR count). The fraction of sp³-hybridized carbons (Fsp3) is 0.364. The smallest absolute Gasteiger partial charge is 0.341 e. The van der Waals surface area contributed by atoms with Crippen LogP contribution in [0.15, 0.2) is 29.4 Å². The molecule has 2 heterocycles. The van der Waals surface area contributed by atoms with Crippen molar-refractivity contribution in [2.24, 2.45) is 0 Å². The molecule has 9 nitrogen and oxygen atoms in total. The number of esters is 1. The van der Waals surface area contributed by atoms with Gasteiger partial charge >= 0.3 is 5.97 Å². The Morgan fingerprint density at radius 2 is 1.82 bits per heavy atom. The van der Waals surface area contributed by atoms with Crippen molar-refractivity contribution in [1.29, 1.82) is 0 Å². The molecule has 1 amide bonds. The molecule has 11 heteroatoms. The highest BCUT2D eigenvalue weighted by atomic mass is 32.2. The summed E-state index contributed by atoms with van der Waals surface area (Å²) in [5.74, 6) is 1.52. The first-order chi connectivity index (χ1) is 15.9. The predicted molar refractivity (Wildman–Crippen MR) is 128 cm³/mol. The molecule has 0 saturated carbocycles. The maximum Gasteiger partial charge on any atom is 0.341 e. The van der Waals surface area contributed by atoms with Crippen LogP contribution in [0, 0.1) is 13.8 Å². The first-order valence-corrected chi connectivity index (χ1v) is 12.0. The van der Waals surface area contributed by atoms with Crippen LogP contribution in [0.1, 0.15) is 33.5 Å². The predicted octanol–water partition coefficient (Wildman–Crippen LogP) is 4.08. The topological polar surface area (TPSA) is 105 Å². The summed E-state index contributed by atoms with van der Waals surface area (Å²) in [6, 6.07) is 7.29. The third-order valence-corrected chi connectivity index (χ3v) is 6.99. The van der Waals surface area contributed by atoms with Gasteiger partial charge in [0.25, 0.3) is 0 Å². The van der Waals surface area contributed by atoms with Gasteiger partial charge in [0.1, 0.15) is 23.1 Å². The van der Waals surface area contributed by atoms with Gasteiger partial charge in [0.15, 0.2) is 11.0 Å². The lowest BCUT2D eigenvalue weighted by atomic mass is 10.1. The van der Waals surface area contributed by atoms with Gasteiger partial charge in [-0.05, 0) is 50.6 Å². The second kappa shape index (κ2) is 11.2. The molecule has 0 radical (unpaired) electrons. The molecular formula is C22H26N4O5S2. The molecule has 1 aromatic carbocycles. The van der Waals surface area contributed by atoms with Crippen LogP contribution in [0.5, 0.6) is 11.5 Å². The van der Waals surface area contributed by atoms with Crippen LogP contribution in [0.2, 0.25) is 0 Å². The monoisotopic (exact) mass is 490 g/mol. The van der Waals surface area contributed by atoms with Gasteiger partial charge in [-0.2, -0.15) is 0 Å². The van der Waals surface area contributed by atoms with E-state index in [0.29, 0.717) is 33.8 Å². The molecule has 0 atom stereocenters. The van der Waals surface area contributed by atoms with Crippen molar-refractivity contribution in [3.8, 4) is 11.5 Å². The molecule has 1 N–H and O–H groups in total. The lowest BCUT2D eigenvalue weighted by Crippen LogP contribution is -2.16. The van der Waals surface area contributed by atoms with Crippen molar-refractivity contribution in [3.63, 3.8) is 0 Å². The summed E-state index contributed by atoms with van der Waals surface area (Å²) >= 11 is 2.62. The molecule has 0 fully saturated rings. The first-order valence-electron chi connectivity index (χ1n) is 10.2. The third kappa shape index (κ3) is 5.85. The summed E-state index contributed by atoms with van der Waals surface area (Å²) in [6.45, 7) is 6.59. The maximum atomic E-state index is 12.6. The fourth-order valence-electron chi connectivity index (χ4n) is 3.03. The highest BCUT2D eigenvalue weighted by Gasteiger charge is 2.22. The van der Waals surface area contributed by atoms with Gasteiger partial charge in [0, 0.05) is 11.4 Å². The van der Waals surface area contributed by atoms with E-state index < -0.39 is 5.97 Å². The Morgan fingerprint density at radius 3 is 2.45 bits per heavy atom. The number of aryl methyl sites for hydroxylation is 1. The number of nitrogens with one attached hydrogen (secondary N) is 1. The molecule has 0 bridgehead atoms. The Balaban J connectivity index is 1.61. The molecule has 2 aromatic heterocycles. The summed E-state index contributed by atoms with van der Waals surface area (Å²) in [5.41, 5.74) is 1.20. The summed E-state index contributed by atoms with van der Waals surface area (Å²) in [6.07, 6.45) is 0. The molecular weight excluding hydrogens is 464 g/mol. The van der Waals surface area contributed by atoms with E-state index in [-0.39, 0.29) is 18.3 Å². The second-order valence-corrected chi connectivity index (χ2v) is 9.09. The van der Waals surface area contributed by atoms with Gasteiger partial charge in [0.05, 0.1) is 25.5 Å². The van der Waals surface area contributed by atoms with Crippen LogP contribution < -0.4 is 14.8 Å². The summed E-state index contributed by atoms with van der Waals surface area (Å²) in [7, 11) is 2.93. The third-order valence-electron chi connectivity index (χ3n) is 4.90. The average molecular weight is 491 g/mol. The van der Waals surface area contributed by atoms with E-state index >= 15 is 0 Å². The lowest BCUT2D eigenvalue weighted by molar-refractivity contribution is -0.113. The molecule has 0 spiro atoms. The minimum Gasteiger partial charge on any atom is -0.497 e. The van der Waals surface area contributed by atoms with Crippen LogP contribution in [0.25, 0.3) is 0 Å². The summed E-state index contributed by atoms with van der Waals surface area (Å²) < 4.78 is 17.7. The van der Waals surface area contributed by atoms with Crippen molar-refractivity contribution < 1.29 is 23.8 Å². The zero-order chi connectivity index (χ0) is 24.0. The van der Waals surface area contributed by atoms with E-state index in [1.807, 2.05) is 49.6 Å². The molecule has 176 valence electrons. The average Bonchev–Trinajstić information content (AvgIpc) is 3.35. The van der Waals surface area contributed by atoms with Crippen LogP contribution in [-0.2, 0) is 22.7 Å². The lowest BCUT2D eigenvalue weighted by Gasteiger charge is -2.09. The highest BCUT2D eigenvalue weighted by Crippen LogP contribution is 2.33. The van der Waals surface area contributed by atoms with Gasteiger partial charge in [-0.25, -0.2) is 4.79 Å². The minimum absolute atomic E-state index is 0.119. The fourth-order valence-corrected chi connectivity index (χ4v) is 4.91. The van der Waals surface area contributed by atoms with E-state index in [1.165, 1.54) is 30.2 Å². The number of methoxy groups -OCH3 is 2. The van der Waals surface area contributed by atoms with Gasteiger partial charge in [-0.1, -0.05) is 11.8 Å². The van der Waals surface area contributed by atoms with Crippen LogP contribution >= 0.6 is 23.1 Å². The molecule has 33 heavy (non-hydrogen) atoms. The van der Waals surface area contributed by atoms with Crippen LogP contribution in [-0.4, -0.2) is 46.6 Å². The van der Waals surface area contributed by atoms with Gasteiger partial charge in [-0.3, -0.25) is 4.79 Å². The Hall–Kier alpha value is -3.05. The number of aromatic nitrogens is 3. The standard InChI is InChI=1S/C22H26N4O5S2/c1-6-26-17(11-31-16-9-7-15(29-4)8-10-16)24-25-22(26)32-12-18(27)23-20-19(21(28)30-5)13(2)14(3)33-20/h7-10H,6,11-12H2,1-5H3,(H,23,27). The number of carbonyl (C=O) groups excluding carboxylic acids is 2. The summed E-state index contributed by atoms with van der Waals surface area (Å²) in [4.78, 5) is 25.6. The Kier molecular flexibility index (Phi) is 8.34. The molecule has 0 saturated heterocycles. The quantitative estimate of drug-likeness (QED) is 0.335. The van der Waals surface area contributed by atoms with E-state index in [0.717, 1.165) is 16.2 Å². The Bertz CT molecular complexity index is 1120. The number of ether oxygens (including phenoxy) is 3. The largest absolute Gasteiger partial charge is 0.497 e. The number of thiophene rings is 1. The molecule has 0 aliphatic heterocycles. The van der Waals surface area contributed by atoms with E-state index in [2.05, 4.69) is 15.5 Å². The number of anilines is 1. The molecule has 0 aliphatic rings. The number of amides is 1. The number of nitrogens with zero attached hydrogens (tertiary/aromatic N) is 3. The number of hydrogen-bond donors (Lipinski definition) is 1. The molecule has 0 unspecified atom stereocenters. The second-order valence-electron chi connectivity index (χ2n) is 6.92. The van der Waals surface area contributed by atoms with Gasteiger partial charge < -0.3 is 24.1 Å². The minimum atomic E-state index is -0.466. The Morgan fingerprint density at radius 1 is 1.12 bits per heavy atom. The molecule has 0 aliphatic carbocycles. The summed E-state index contributed by atoms with van der Waals surface area (Å²) in [5, 5.41) is 12.4. The highest BCUT2D eigenvalue weighted by molar-refractivity contribution is 7.99. The normalized spacial score (nSPS) is 10.7. The van der Waals surface area contributed by atoms with Crippen LogP contribution in [0.4, 0.5) is 5.00 Å². The van der Waals surface area contributed by atoms with Gasteiger partial charge in [0.2, 0.25) is 5.91 Å². The number of hydrogen-bond acceptors (Lipinski definition) is 9. The van der Waals surface area contributed by atoms with Crippen molar-refractivity contribution >= 4 is 40.0 Å². The molecule has 3 aromatic rings. The zero-order valence-electron chi connectivity index (χ0n) is 19.1. The van der Waals surface area contributed by atoms with Gasteiger partial charge in [-0.15, -0.1) is 21.5 Å². The van der Waals surface area contributed by atoms with Crippen LogP contribution in [0.3, 0.4) is 0 Å². The van der Waals surface area contributed by atoms with Crippen molar-refractivity contribution in [3.05, 3.63) is 46.1 Å². The Labute approximate surface area is 200 Å². The zero-order valence-corrected chi connectivity index (χ0v) is 20.8. The van der Waals surface area contributed by atoms with Crippen molar-refractivity contribution in [2.45, 2.75) is 39.1 Å². The maximum absolute atomic E-state index is 12.6. The number of carbonyl (C=O) groups is 2. The van der Waals surface area contributed by atoms with E-state index in [9.17, 15) is 9.59 Å². The SMILES string of the molecule is CCn1c(COc2ccc(OC)cc2)nnc1SCC(=O)Nc1sc(C)c(C)c1C(=O)OC. The number of thioether (sulfide) groups is 1. The number of rotatable bonds is 10. The van der Waals surface area contributed by atoms with Crippen molar-refractivity contribution in [2.75, 3.05) is 25.3 Å². The van der Waals surface area contributed by atoms with E-state index in [4.69, 9.17) is 14.2 Å². The first kappa shape index (κ1) is 24.6. The number of benzene rings is 1. The van der Waals surface area contributed by atoms with E-state index in [1.54, 1.807) is 7.11 Å².